The van der Waals surface area contributed by atoms with Gasteiger partial charge in [-0.2, -0.15) is 0 Å². The number of H-pyrrole nitrogens is 1. The van der Waals surface area contributed by atoms with E-state index in [-0.39, 0.29) is 36.9 Å². The third kappa shape index (κ3) is 4.08. The van der Waals surface area contributed by atoms with Crippen molar-refractivity contribution in [3.8, 4) is 0 Å². The van der Waals surface area contributed by atoms with Crippen molar-refractivity contribution in [2.45, 2.75) is 26.3 Å². The fourth-order valence-electron chi connectivity index (χ4n) is 2.97. The van der Waals surface area contributed by atoms with Crippen molar-refractivity contribution in [3.63, 3.8) is 0 Å². The number of aromatic nitrogens is 2. The number of aromatic amines is 1. The molecule has 1 unspecified atom stereocenters. The summed E-state index contributed by atoms with van der Waals surface area (Å²) in [6.07, 6.45) is 2.18. The molecule has 8 nitrogen and oxygen atoms in total. The van der Waals surface area contributed by atoms with Gasteiger partial charge in [-0.1, -0.05) is 6.92 Å². The number of Topliss-reactive ketones (excluding diaryl/α,β-unsaturated/α-hetero) is 1. The van der Waals surface area contributed by atoms with Gasteiger partial charge in [-0.3, -0.25) is 24.0 Å². The fraction of sp³-hybridized carbons (Fsp3) is 0.667. The van der Waals surface area contributed by atoms with Crippen molar-refractivity contribution in [1.29, 1.82) is 0 Å². The number of piperidine rings is 1. The van der Waals surface area contributed by atoms with Gasteiger partial charge in [0.05, 0.1) is 19.7 Å². The molecule has 0 aromatic carbocycles. The Bertz CT molecular complexity index is 679. The maximum Gasteiger partial charge on any atom is 0.330 e. The molecule has 0 amide bonds. The molecule has 3 N–H and O–H groups in total. The molecule has 0 saturated carbocycles. The second-order valence-corrected chi connectivity index (χ2v) is 6.07. The first-order chi connectivity index (χ1) is 10.9. The third-order valence-corrected chi connectivity index (χ3v) is 4.15. The molecule has 1 aromatic heterocycles. The molecule has 1 aliphatic rings. The lowest BCUT2D eigenvalue weighted by Gasteiger charge is -2.30. The van der Waals surface area contributed by atoms with Crippen molar-refractivity contribution in [1.82, 2.24) is 14.5 Å². The van der Waals surface area contributed by atoms with Crippen molar-refractivity contribution < 1.29 is 9.53 Å². The van der Waals surface area contributed by atoms with E-state index in [1.165, 1.54) is 7.11 Å². The average molecular weight is 324 g/mol. The minimum atomic E-state index is -0.726. The van der Waals surface area contributed by atoms with Crippen molar-refractivity contribution in [2.75, 3.05) is 39.1 Å². The minimum absolute atomic E-state index is 0.0918. The molecule has 2 rings (SSSR count). The molecular weight excluding hydrogens is 300 g/mol. The first-order valence-electron chi connectivity index (χ1n) is 7.81. The van der Waals surface area contributed by atoms with Gasteiger partial charge in [0.15, 0.2) is 5.78 Å². The van der Waals surface area contributed by atoms with E-state index in [1.54, 1.807) is 0 Å². The van der Waals surface area contributed by atoms with Crippen LogP contribution >= 0.6 is 0 Å². The topological polar surface area (TPSA) is 110 Å². The second-order valence-electron chi connectivity index (χ2n) is 6.07. The number of nitrogens with two attached hydrogens (primary N) is 1. The summed E-state index contributed by atoms with van der Waals surface area (Å²) >= 11 is 0. The molecule has 1 fully saturated rings. The fourth-order valence-corrected chi connectivity index (χ4v) is 2.97. The number of ketones is 1. The van der Waals surface area contributed by atoms with Crippen LogP contribution in [0.1, 0.15) is 30.1 Å². The summed E-state index contributed by atoms with van der Waals surface area (Å²) in [5, 5.41) is 0. The Balaban J connectivity index is 2.25. The van der Waals surface area contributed by atoms with Gasteiger partial charge in [0.2, 0.25) is 0 Å². The Kier molecular flexibility index (Phi) is 5.73. The molecule has 8 heteroatoms. The first-order valence-corrected chi connectivity index (χ1v) is 7.81. The van der Waals surface area contributed by atoms with Crippen LogP contribution in [-0.2, 0) is 11.3 Å². The molecule has 128 valence electrons. The summed E-state index contributed by atoms with van der Waals surface area (Å²) in [6, 6.07) is 0. The van der Waals surface area contributed by atoms with E-state index >= 15 is 0 Å². The molecule has 2 heterocycles. The van der Waals surface area contributed by atoms with Crippen LogP contribution in [0.2, 0.25) is 0 Å². The summed E-state index contributed by atoms with van der Waals surface area (Å²) in [6.45, 7) is 4.37. The molecule has 1 aromatic rings. The van der Waals surface area contributed by atoms with Gasteiger partial charge in [-0.15, -0.1) is 0 Å². The summed E-state index contributed by atoms with van der Waals surface area (Å²) in [4.78, 5) is 40.5. The van der Waals surface area contributed by atoms with Crippen LogP contribution in [-0.4, -0.2) is 53.6 Å². The van der Waals surface area contributed by atoms with Gasteiger partial charge in [0.1, 0.15) is 11.4 Å². The van der Waals surface area contributed by atoms with Crippen LogP contribution in [0.4, 0.5) is 5.82 Å². The van der Waals surface area contributed by atoms with Gasteiger partial charge in [-0.05, 0) is 25.3 Å². The number of nitrogen functional groups attached to an aromatic ring is 1. The van der Waals surface area contributed by atoms with Gasteiger partial charge < -0.3 is 10.5 Å². The predicted molar refractivity (Wildman–Crippen MR) is 86.8 cm³/mol. The number of carbonyl (C=O) groups is 1. The highest BCUT2D eigenvalue weighted by atomic mass is 16.5. The summed E-state index contributed by atoms with van der Waals surface area (Å²) in [5.74, 6) is 0.0812. The van der Waals surface area contributed by atoms with Gasteiger partial charge in [-0.25, -0.2) is 4.79 Å². The lowest BCUT2D eigenvalue weighted by atomic mass is 10.00. The largest absolute Gasteiger partial charge is 0.384 e. The zero-order chi connectivity index (χ0) is 17.0. The van der Waals surface area contributed by atoms with E-state index < -0.39 is 11.2 Å². The van der Waals surface area contributed by atoms with Crippen molar-refractivity contribution >= 4 is 11.6 Å². The SMILES string of the molecule is COCCn1c(N)c(C(=O)CN2CCCC(C)C2)c(=O)[nH]c1=O. The van der Waals surface area contributed by atoms with Crippen LogP contribution in [0, 0.1) is 5.92 Å². The Morgan fingerprint density at radius 1 is 1.43 bits per heavy atom. The van der Waals surface area contributed by atoms with Gasteiger partial charge in [0, 0.05) is 13.7 Å². The third-order valence-electron chi connectivity index (χ3n) is 4.15. The van der Waals surface area contributed by atoms with Crippen LogP contribution < -0.4 is 17.0 Å². The number of ether oxygens (including phenoxy) is 1. The zero-order valence-electron chi connectivity index (χ0n) is 13.6. The molecule has 0 bridgehead atoms. The molecule has 1 aliphatic heterocycles. The highest BCUT2D eigenvalue weighted by Crippen LogP contribution is 2.16. The minimum Gasteiger partial charge on any atom is -0.384 e. The molecule has 0 aliphatic carbocycles. The number of nitrogens with zero attached hydrogens (tertiary/aromatic N) is 2. The van der Waals surface area contributed by atoms with E-state index in [1.807, 2.05) is 4.90 Å². The number of anilines is 1. The Hall–Kier alpha value is -1.93. The number of methoxy groups -OCH3 is 1. The average Bonchev–Trinajstić information content (AvgIpc) is 2.46. The molecule has 1 saturated heterocycles. The van der Waals surface area contributed by atoms with Crippen LogP contribution in [0.5, 0.6) is 0 Å². The molecular formula is C15H24N4O4. The quantitative estimate of drug-likeness (QED) is 0.694. The molecule has 0 spiro atoms. The predicted octanol–water partition coefficient (Wildman–Crippen LogP) is -0.320. The van der Waals surface area contributed by atoms with Crippen molar-refractivity contribution in [2.24, 2.45) is 5.92 Å². The van der Waals surface area contributed by atoms with Gasteiger partial charge in [0.25, 0.3) is 5.56 Å². The maximum absolute atomic E-state index is 12.5. The van der Waals surface area contributed by atoms with E-state index in [9.17, 15) is 14.4 Å². The highest BCUT2D eigenvalue weighted by Gasteiger charge is 2.24. The Morgan fingerprint density at radius 2 is 2.17 bits per heavy atom. The number of hydrogen-bond donors (Lipinski definition) is 2. The van der Waals surface area contributed by atoms with Crippen LogP contribution in [0.15, 0.2) is 9.59 Å². The monoisotopic (exact) mass is 324 g/mol. The molecule has 1 atom stereocenters. The summed E-state index contributed by atoms with van der Waals surface area (Å²) in [5.41, 5.74) is 4.41. The lowest BCUT2D eigenvalue weighted by Crippen LogP contribution is -2.42. The normalized spacial score (nSPS) is 19.0. The van der Waals surface area contributed by atoms with Crippen LogP contribution in [0.25, 0.3) is 0 Å². The van der Waals surface area contributed by atoms with Gasteiger partial charge >= 0.3 is 5.69 Å². The highest BCUT2D eigenvalue weighted by molar-refractivity contribution is 6.01. The van der Waals surface area contributed by atoms with Crippen LogP contribution in [0.3, 0.4) is 0 Å². The lowest BCUT2D eigenvalue weighted by molar-refractivity contribution is 0.0891. The smallest absolute Gasteiger partial charge is 0.330 e. The van der Waals surface area contributed by atoms with E-state index in [0.29, 0.717) is 5.92 Å². The van der Waals surface area contributed by atoms with E-state index in [4.69, 9.17) is 10.5 Å². The number of carbonyl (C=O) groups excluding carboxylic acids is 1. The maximum atomic E-state index is 12.5. The molecule has 23 heavy (non-hydrogen) atoms. The standard InChI is InChI=1S/C15H24N4O4/c1-10-4-3-5-18(8-10)9-11(20)12-13(16)19(6-7-23-2)15(22)17-14(12)21/h10H,3-9,16H2,1-2H3,(H,17,21,22). The summed E-state index contributed by atoms with van der Waals surface area (Å²) in [7, 11) is 1.50. The second kappa shape index (κ2) is 7.56. The number of nitrogens with one attached hydrogen (secondary N) is 1. The number of likely N-dealkylation sites (tertiary alicyclic amines) is 1. The Morgan fingerprint density at radius 3 is 2.83 bits per heavy atom. The number of hydrogen-bond acceptors (Lipinski definition) is 6. The Labute approximate surface area is 134 Å². The zero-order valence-corrected chi connectivity index (χ0v) is 13.6. The van der Waals surface area contributed by atoms with Crippen molar-refractivity contribution in [3.05, 3.63) is 26.4 Å². The first kappa shape index (κ1) is 17.4. The number of rotatable bonds is 6. The summed E-state index contributed by atoms with van der Waals surface area (Å²) < 4.78 is 6.08. The van der Waals surface area contributed by atoms with E-state index in [0.717, 1.165) is 30.5 Å². The van der Waals surface area contributed by atoms with E-state index in [2.05, 4.69) is 11.9 Å². The molecule has 0 radical (unpaired) electrons.